The summed E-state index contributed by atoms with van der Waals surface area (Å²) in [5, 5.41) is 2.43. The van der Waals surface area contributed by atoms with Gasteiger partial charge in [-0.1, -0.05) is 42.5 Å². The number of halogens is 3. The fraction of sp³-hybridized carbons (Fsp3) is 0.235. The van der Waals surface area contributed by atoms with E-state index < -0.39 is 17.6 Å². The van der Waals surface area contributed by atoms with Gasteiger partial charge in [-0.25, -0.2) is 0 Å². The van der Waals surface area contributed by atoms with Crippen molar-refractivity contribution >= 4 is 23.4 Å². The van der Waals surface area contributed by atoms with E-state index in [2.05, 4.69) is 5.32 Å². The molecule has 0 aromatic heterocycles. The normalized spacial score (nSPS) is 12.7. The molecule has 2 aromatic rings. The summed E-state index contributed by atoms with van der Waals surface area (Å²) < 4.78 is 38.6. The molecule has 2 nitrogen and oxygen atoms in total. The third kappa shape index (κ3) is 5.03. The number of carbonyl (C=O) groups is 1. The Kier molecular flexibility index (Phi) is 5.71. The fourth-order valence-electron chi connectivity index (χ4n) is 2.05. The number of para-hydroxylation sites is 1. The lowest BCUT2D eigenvalue weighted by atomic mass is 10.1. The molecular weight excluding hydrogens is 323 g/mol. The average molecular weight is 339 g/mol. The van der Waals surface area contributed by atoms with Crippen molar-refractivity contribution in [2.75, 3.05) is 11.1 Å². The lowest BCUT2D eigenvalue weighted by molar-refractivity contribution is -0.137. The molecule has 2 rings (SSSR count). The first-order valence-electron chi connectivity index (χ1n) is 7.00. The second-order valence-electron chi connectivity index (χ2n) is 4.96. The zero-order valence-electron chi connectivity index (χ0n) is 12.4. The lowest BCUT2D eigenvalue weighted by Gasteiger charge is -2.14. The molecule has 0 saturated heterocycles. The van der Waals surface area contributed by atoms with E-state index in [0.717, 1.165) is 11.6 Å². The Balaban J connectivity index is 1.96. The van der Waals surface area contributed by atoms with E-state index >= 15 is 0 Å². The second kappa shape index (κ2) is 7.55. The van der Waals surface area contributed by atoms with E-state index in [1.807, 2.05) is 37.3 Å². The van der Waals surface area contributed by atoms with E-state index in [1.165, 1.54) is 30.0 Å². The van der Waals surface area contributed by atoms with Crippen molar-refractivity contribution in [2.45, 2.75) is 18.3 Å². The predicted molar refractivity (Wildman–Crippen MR) is 87.4 cm³/mol. The molecule has 1 atom stereocenters. The number of benzene rings is 2. The molecule has 0 spiro atoms. The third-order valence-electron chi connectivity index (χ3n) is 3.24. The summed E-state index contributed by atoms with van der Waals surface area (Å²) in [7, 11) is 0. The number of amides is 1. The minimum absolute atomic E-state index is 0.0832. The summed E-state index contributed by atoms with van der Waals surface area (Å²) >= 11 is 1.38. The van der Waals surface area contributed by atoms with Gasteiger partial charge in [0, 0.05) is 5.25 Å². The van der Waals surface area contributed by atoms with Gasteiger partial charge in [0.2, 0.25) is 5.91 Å². The van der Waals surface area contributed by atoms with Crippen LogP contribution in [0.1, 0.15) is 23.3 Å². The third-order valence-corrected chi connectivity index (χ3v) is 4.44. The van der Waals surface area contributed by atoms with E-state index in [0.29, 0.717) is 0 Å². The van der Waals surface area contributed by atoms with Gasteiger partial charge in [0.05, 0.1) is 17.0 Å². The Morgan fingerprint density at radius 2 is 1.70 bits per heavy atom. The van der Waals surface area contributed by atoms with Gasteiger partial charge in [0.25, 0.3) is 0 Å². The Hall–Kier alpha value is -1.95. The van der Waals surface area contributed by atoms with Crippen molar-refractivity contribution in [3.63, 3.8) is 0 Å². The number of carbonyl (C=O) groups excluding carboxylic acids is 1. The molecule has 2 aromatic carbocycles. The zero-order chi connectivity index (χ0) is 16.9. The standard InChI is InChI=1S/C17H16F3NOS/c1-12(13-7-3-2-4-8-13)23-11-16(22)21-15-10-6-5-9-14(15)17(18,19)20/h2-10,12H,11H2,1H3,(H,21,22)/t12-/m1/s1. The first kappa shape index (κ1) is 17.4. The van der Waals surface area contributed by atoms with Gasteiger partial charge in [-0.2, -0.15) is 13.2 Å². The Morgan fingerprint density at radius 3 is 2.35 bits per heavy atom. The van der Waals surface area contributed by atoms with E-state index in [1.54, 1.807) is 0 Å². The first-order valence-corrected chi connectivity index (χ1v) is 8.05. The molecule has 122 valence electrons. The molecule has 0 unspecified atom stereocenters. The molecule has 1 amide bonds. The summed E-state index contributed by atoms with van der Waals surface area (Å²) in [6, 6.07) is 14.6. The highest BCUT2D eigenvalue weighted by Gasteiger charge is 2.33. The highest BCUT2D eigenvalue weighted by molar-refractivity contribution is 8.00. The molecule has 0 radical (unpaired) electrons. The van der Waals surface area contributed by atoms with Crippen LogP contribution in [-0.2, 0) is 11.0 Å². The van der Waals surface area contributed by atoms with Gasteiger partial charge in [-0.15, -0.1) is 11.8 Å². The van der Waals surface area contributed by atoms with Crippen molar-refractivity contribution < 1.29 is 18.0 Å². The molecular formula is C17H16F3NOS. The number of hydrogen-bond acceptors (Lipinski definition) is 2. The minimum atomic E-state index is -4.49. The number of rotatable bonds is 5. The first-order chi connectivity index (χ1) is 10.9. The van der Waals surface area contributed by atoms with Crippen LogP contribution in [0.25, 0.3) is 0 Å². The average Bonchev–Trinajstić information content (AvgIpc) is 2.53. The predicted octanol–water partition coefficient (Wildman–Crippen LogP) is 5.14. The number of nitrogens with one attached hydrogen (secondary N) is 1. The number of anilines is 1. The summed E-state index contributed by atoms with van der Waals surface area (Å²) in [5.74, 6) is -0.364. The van der Waals surface area contributed by atoms with Crippen molar-refractivity contribution in [3.8, 4) is 0 Å². The van der Waals surface area contributed by atoms with Crippen molar-refractivity contribution in [1.29, 1.82) is 0 Å². The number of hydrogen-bond donors (Lipinski definition) is 1. The molecule has 23 heavy (non-hydrogen) atoms. The van der Waals surface area contributed by atoms with Crippen LogP contribution >= 0.6 is 11.8 Å². The molecule has 0 aliphatic heterocycles. The molecule has 1 N–H and O–H groups in total. The van der Waals surface area contributed by atoms with Gasteiger partial charge in [0.1, 0.15) is 0 Å². The largest absolute Gasteiger partial charge is 0.418 e. The maximum atomic E-state index is 12.9. The Bertz CT molecular complexity index is 658. The van der Waals surface area contributed by atoms with Crippen LogP contribution in [-0.4, -0.2) is 11.7 Å². The van der Waals surface area contributed by atoms with Crippen molar-refractivity contribution in [2.24, 2.45) is 0 Å². The monoisotopic (exact) mass is 339 g/mol. The van der Waals surface area contributed by atoms with Crippen LogP contribution in [0.15, 0.2) is 54.6 Å². The minimum Gasteiger partial charge on any atom is -0.325 e. The summed E-state index contributed by atoms with van der Waals surface area (Å²) in [5.41, 5.74) is 0.0217. The maximum absolute atomic E-state index is 12.9. The van der Waals surface area contributed by atoms with Crippen molar-refractivity contribution in [1.82, 2.24) is 0 Å². The van der Waals surface area contributed by atoms with E-state index in [9.17, 15) is 18.0 Å². The molecule has 6 heteroatoms. The second-order valence-corrected chi connectivity index (χ2v) is 6.28. The van der Waals surface area contributed by atoms with Gasteiger partial charge in [0.15, 0.2) is 0 Å². The fourth-order valence-corrected chi connectivity index (χ4v) is 2.87. The van der Waals surface area contributed by atoms with Gasteiger partial charge in [-0.05, 0) is 24.6 Å². The highest BCUT2D eigenvalue weighted by atomic mass is 32.2. The Morgan fingerprint density at radius 1 is 1.09 bits per heavy atom. The molecule has 0 bridgehead atoms. The summed E-state index contributed by atoms with van der Waals surface area (Å²) in [6.45, 7) is 1.96. The van der Waals surface area contributed by atoms with Gasteiger partial charge < -0.3 is 5.32 Å². The molecule has 0 fully saturated rings. The van der Waals surface area contributed by atoms with Crippen LogP contribution < -0.4 is 5.32 Å². The quantitative estimate of drug-likeness (QED) is 0.817. The van der Waals surface area contributed by atoms with Crippen LogP contribution in [0, 0.1) is 0 Å². The maximum Gasteiger partial charge on any atom is 0.418 e. The highest BCUT2D eigenvalue weighted by Crippen LogP contribution is 2.35. The molecule has 0 heterocycles. The summed E-state index contributed by atoms with van der Waals surface area (Å²) in [4.78, 5) is 11.9. The molecule has 0 aliphatic carbocycles. The number of alkyl halides is 3. The van der Waals surface area contributed by atoms with Crippen LogP contribution in [0.5, 0.6) is 0 Å². The molecule has 0 aliphatic rings. The smallest absolute Gasteiger partial charge is 0.325 e. The Labute approximate surface area is 137 Å². The van der Waals surface area contributed by atoms with Gasteiger partial charge >= 0.3 is 6.18 Å². The van der Waals surface area contributed by atoms with Crippen LogP contribution in [0.3, 0.4) is 0 Å². The zero-order valence-corrected chi connectivity index (χ0v) is 13.2. The topological polar surface area (TPSA) is 29.1 Å². The van der Waals surface area contributed by atoms with Crippen molar-refractivity contribution in [3.05, 3.63) is 65.7 Å². The number of thioether (sulfide) groups is 1. The van der Waals surface area contributed by atoms with E-state index in [4.69, 9.17) is 0 Å². The van der Waals surface area contributed by atoms with Crippen LogP contribution in [0.2, 0.25) is 0 Å². The van der Waals surface area contributed by atoms with E-state index in [-0.39, 0.29) is 16.7 Å². The SMILES string of the molecule is C[C@@H](SCC(=O)Nc1ccccc1C(F)(F)F)c1ccccc1. The summed E-state index contributed by atoms with van der Waals surface area (Å²) in [6.07, 6.45) is -4.49. The van der Waals surface area contributed by atoms with Crippen LogP contribution in [0.4, 0.5) is 18.9 Å². The van der Waals surface area contributed by atoms with Gasteiger partial charge in [-0.3, -0.25) is 4.79 Å². The lowest BCUT2D eigenvalue weighted by Crippen LogP contribution is -2.18. The molecule has 0 saturated carbocycles.